The largest absolute Gasteiger partial charge is 0.459 e. The molecule has 1 aliphatic rings. The van der Waals surface area contributed by atoms with Crippen LogP contribution in [-0.4, -0.2) is 76.1 Å². The van der Waals surface area contributed by atoms with Crippen LogP contribution < -0.4 is 5.32 Å². The highest BCUT2D eigenvalue weighted by molar-refractivity contribution is 5.94. The second kappa shape index (κ2) is 17.8. The average Bonchev–Trinajstić information content (AvgIpc) is 3.66. The first-order chi connectivity index (χ1) is 24.3. The third-order valence-corrected chi connectivity index (χ3v) is 8.80. The van der Waals surface area contributed by atoms with Crippen LogP contribution >= 0.6 is 0 Å². The summed E-state index contributed by atoms with van der Waals surface area (Å²) in [5, 5.41) is 14.7. The van der Waals surface area contributed by atoms with Crippen LogP contribution in [0, 0.1) is 0 Å². The zero-order chi connectivity index (χ0) is 35.3. The monoisotopic (exact) mass is 677 g/mol. The molecule has 1 aliphatic heterocycles. The molecule has 260 valence electrons. The van der Waals surface area contributed by atoms with E-state index in [-0.39, 0.29) is 32.1 Å². The highest BCUT2D eigenvalue weighted by atomic mass is 16.6. The summed E-state index contributed by atoms with van der Waals surface area (Å²) < 4.78 is 11.2. The van der Waals surface area contributed by atoms with Crippen molar-refractivity contribution in [3.63, 3.8) is 0 Å². The van der Waals surface area contributed by atoms with E-state index >= 15 is 0 Å². The molecule has 0 saturated carbocycles. The molecular weight excluding hydrogens is 634 g/mol. The number of aliphatic hydroxyl groups excluding tert-OH is 1. The van der Waals surface area contributed by atoms with Gasteiger partial charge in [0, 0.05) is 12.1 Å². The summed E-state index contributed by atoms with van der Waals surface area (Å²) in [5.74, 6) is -1.38. The molecule has 4 aromatic carbocycles. The van der Waals surface area contributed by atoms with Gasteiger partial charge >= 0.3 is 12.1 Å². The van der Waals surface area contributed by atoms with Gasteiger partial charge in [-0.1, -0.05) is 109 Å². The summed E-state index contributed by atoms with van der Waals surface area (Å²) in [5.41, 5.74) is 2.86. The van der Waals surface area contributed by atoms with E-state index in [1.807, 2.05) is 91.0 Å². The van der Waals surface area contributed by atoms with E-state index in [1.165, 1.54) is 9.80 Å². The van der Waals surface area contributed by atoms with Crippen LogP contribution in [0.3, 0.4) is 0 Å². The normalized spacial score (nSPS) is 15.7. The Morgan fingerprint density at radius 2 is 1.30 bits per heavy atom. The Hall–Kier alpha value is -5.48. The number of carbonyl (C=O) groups excluding carboxylic acids is 4. The second-order valence-electron chi connectivity index (χ2n) is 12.4. The third-order valence-electron chi connectivity index (χ3n) is 8.80. The van der Waals surface area contributed by atoms with Crippen molar-refractivity contribution < 1.29 is 33.8 Å². The molecule has 2 N–H and O–H groups in total. The lowest BCUT2D eigenvalue weighted by Gasteiger charge is -2.35. The number of carbonyl (C=O) groups is 4. The fourth-order valence-electron chi connectivity index (χ4n) is 5.99. The number of rotatable bonds is 14. The number of nitrogens with one attached hydrogen (secondary N) is 1. The highest BCUT2D eigenvalue weighted by Crippen LogP contribution is 2.23. The number of aliphatic hydroxyl groups is 1. The maximum atomic E-state index is 14.1. The molecule has 10 heteroatoms. The first-order valence-electron chi connectivity index (χ1n) is 16.9. The van der Waals surface area contributed by atoms with E-state index in [2.05, 4.69) is 5.32 Å². The number of esters is 1. The molecule has 1 fully saturated rings. The van der Waals surface area contributed by atoms with E-state index in [0.717, 1.165) is 16.7 Å². The first kappa shape index (κ1) is 35.8. The SMILES string of the molecule is C[C@@H](C(=O)N1CCC[C@H]1C(=O)OCc1ccccc1)N(CC(O)[C@H](Cc1ccccc1)NC(=O)c1ccccc1)C(=O)OCc1ccccc1. The molecule has 3 amide bonds. The van der Waals surface area contributed by atoms with Crippen LogP contribution in [0.2, 0.25) is 0 Å². The fraction of sp³-hybridized carbons (Fsp3) is 0.300. The van der Waals surface area contributed by atoms with E-state index in [1.54, 1.807) is 37.3 Å². The molecule has 4 atom stereocenters. The molecule has 50 heavy (non-hydrogen) atoms. The molecule has 10 nitrogen and oxygen atoms in total. The zero-order valence-electron chi connectivity index (χ0n) is 28.1. The van der Waals surface area contributed by atoms with Crippen molar-refractivity contribution in [1.29, 1.82) is 0 Å². The molecule has 1 unspecified atom stereocenters. The summed E-state index contributed by atoms with van der Waals surface area (Å²) in [6.45, 7) is 1.56. The van der Waals surface area contributed by atoms with Gasteiger partial charge in [0.2, 0.25) is 5.91 Å². The molecule has 0 aliphatic carbocycles. The Bertz CT molecular complexity index is 1690. The number of benzene rings is 4. The molecule has 0 spiro atoms. The second-order valence-corrected chi connectivity index (χ2v) is 12.4. The van der Waals surface area contributed by atoms with Gasteiger partial charge in [-0.2, -0.15) is 0 Å². The van der Waals surface area contributed by atoms with Crippen LogP contribution in [0.25, 0.3) is 0 Å². The Morgan fingerprint density at radius 1 is 0.780 bits per heavy atom. The van der Waals surface area contributed by atoms with Crippen molar-refractivity contribution in [3.8, 4) is 0 Å². The molecule has 4 aromatic rings. The summed E-state index contributed by atoms with van der Waals surface area (Å²) in [6, 6.07) is 33.7. The van der Waals surface area contributed by atoms with Crippen molar-refractivity contribution >= 4 is 23.9 Å². The van der Waals surface area contributed by atoms with Gasteiger partial charge in [0.05, 0.1) is 18.7 Å². The molecule has 5 rings (SSSR count). The maximum Gasteiger partial charge on any atom is 0.410 e. The number of hydrogen-bond donors (Lipinski definition) is 2. The van der Waals surface area contributed by atoms with Crippen molar-refractivity contribution in [2.45, 2.75) is 63.6 Å². The van der Waals surface area contributed by atoms with Crippen molar-refractivity contribution in [2.24, 2.45) is 0 Å². The van der Waals surface area contributed by atoms with Gasteiger partial charge in [0.15, 0.2) is 0 Å². The lowest BCUT2D eigenvalue weighted by Crippen LogP contribution is -2.56. The minimum atomic E-state index is -1.30. The predicted octanol–water partition coefficient (Wildman–Crippen LogP) is 5.15. The summed E-state index contributed by atoms with van der Waals surface area (Å²) in [7, 11) is 0. The summed E-state index contributed by atoms with van der Waals surface area (Å²) >= 11 is 0. The molecule has 0 aromatic heterocycles. The fourth-order valence-corrected chi connectivity index (χ4v) is 5.99. The van der Waals surface area contributed by atoms with Gasteiger partial charge in [-0.15, -0.1) is 0 Å². The Labute approximate surface area is 292 Å². The quantitative estimate of drug-likeness (QED) is 0.177. The van der Waals surface area contributed by atoms with Gasteiger partial charge in [0.1, 0.15) is 25.3 Å². The Kier molecular flexibility index (Phi) is 12.7. The molecule has 1 heterocycles. The molecule has 0 radical (unpaired) electrons. The maximum absolute atomic E-state index is 14.1. The van der Waals surface area contributed by atoms with Gasteiger partial charge in [0.25, 0.3) is 5.91 Å². The van der Waals surface area contributed by atoms with Gasteiger partial charge in [-0.25, -0.2) is 9.59 Å². The lowest BCUT2D eigenvalue weighted by molar-refractivity contribution is -0.155. The predicted molar refractivity (Wildman–Crippen MR) is 188 cm³/mol. The Morgan fingerprint density at radius 3 is 1.88 bits per heavy atom. The standard InChI is InChI=1S/C40H43N3O7/c1-29(38(46)42-24-14-23-35(42)39(47)49-27-31-17-8-3-9-18-31)43(40(48)50-28-32-19-10-4-11-20-32)26-36(44)34(25-30-15-6-2-7-16-30)41-37(45)33-21-12-5-13-22-33/h2-13,15-22,29,34-36,44H,14,23-28H2,1H3,(H,41,45)/t29-,34-,35-,36?/m0/s1. The topological polar surface area (TPSA) is 125 Å². The van der Waals surface area contributed by atoms with Crippen LogP contribution in [0.15, 0.2) is 121 Å². The Balaban J connectivity index is 1.35. The van der Waals surface area contributed by atoms with Crippen molar-refractivity contribution in [2.75, 3.05) is 13.1 Å². The molecular formula is C40H43N3O7. The highest BCUT2D eigenvalue weighted by Gasteiger charge is 2.41. The van der Waals surface area contributed by atoms with Gasteiger partial charge in [-0.3, -0.25) is 14.5 Å². The zero-order valence-corrected chi connectivity index (χ0v) is 28.1. The molecule has 1 saturated heterocycles. The van der Waals surface area contributed by atoms with Gasteiger partial charge < -0.3 is 24.8 Å². The van der Waals surface area contributed by atoms with Crippen LogP contribution in [0.1, 0.15) is 46.8 Å². The van der Waals surface area contributed by atoms with E-state index in [4.69, 9.17) is 9.47 Å². The average molecular weight is 678 g/mol. The lowest BCUT2D eigenvalue weighted by atomic mass is 9.99. The number of likely N-dealkylation sites (tertiary alicyclic amines) is 1. The van der Waals surface area contributed by atoms with Crippen molar-refractivity contribution in [3.05, 3.63) is 144 Å². The number of hydrogen-bond acceptors (Lipinski definition) is 7. The summed E-state index contributed by atoms with van der Waals surface area (Å²) in [6.07, 6.45) is -0.832. The molecule has 0 bridgehead atoms. The number of nitrogens with zero attached hydrogens (tertiary/aromatic N) is 2. The van der Waals surface area contributed by atoms with Crippen molar-refractivity contribution in [1.82, 2.24) is 15.1 Å². The van der Waals surface area contributed by atoms with Crippen LogP contribution in [-0.2, 0) is 38.7 Å². The van der Waals surface area contributed by atoms with Crippen LogP contribution in [0.4, 0.5) is 4.79 Å². The minimum absolute atomic E-state index is 0.0521. The van der Waals surface area contributed by atoms with E-state index in [0.29, 0.717) is 24.9 Å². The van der Waals surface area contributed by atoms with E-state index < -0.39 is 42.2 Å². The number of amides is 3. The smallest absolute Gasteiger partial charge is 0.410 e. The first-order valence-corrected chi connectivity index (χ1v) is 16.9. The van der Waals surface area contributed by atoms with Gasteiger partial charge in [-0.05, 0) is 55.0 Å². The number of ether oxygens (including phenoxy) is 2. The van der Waals surface area contributed by atoms with E-state index in [9.17, 15) is 24.3 Å². The minimum Gasteiger partial charge on any atom is -0.459 e. The summed E-state index contributed by atoms with van der Waals surface area (Å²) in [4.78, 5) is 56.9. The third kappa shape index (κ3) is 9.79. The van der Waals surface area contributed by atoms with Crippen LogP contribution in [0.5, 0.6) is 0 Å².